The van der Waals surface area contributed by atoms with E-state index < -0.39 is 0 Å². The lowest BCUT2D eigenvalue weighted by Gasteiger charge is -2.29. The topological polar surface area (TPSA) is 21.7 Å². The molecule has 0 unspecified atom stereocenters. The summed E-state index contributed by atoms with van der Waals surface area (Å²) in [5, 5.41) is 0. The fourth-order valence-electron chi connectivity index (χ4n) is 2.66. The molecular formula is C16H25NO2. The van der Waals surface area contributed by atoms with Gasteiger partial charge in [-0.1, -0.05) is 18.2 Å². The maximum absolute atomic E-state index is 5.68. The minimum absolute atomic E-state index is 0.124. The van der Waals surface area contributed by atoms with Crippen LogP contribution in [0.4, 0.5) is 5.69 Å². The molecule has 0 spiro atoms. The molecule has 1 aliphatic rings. The highest BCUT2D eigenvalue weighted by Crippen LogP contribution is 2.26. The average Bonchev–Trinajstić information content (AvgIpc) is 2.62. The van der Waals surface area contributed by atoms with Gasteiger partial charge in [-0.05, 0) is 44.7 Å². The lowest BCUT2D eigenvalue weighted by atomic mass is 10.1. The summed E-state index contributed by atoms with van der Waals surface area (Å²) in [6.07, 6.45) is 3.56. The number of fused-ring (bicyclic) bond motifs is 1. The third kappa shape index (κ3) is 3.95. The van der Waals surface area contributed by atoms with Crippen LogP contribution in [-0.4, -0.2) is 32.6 Å². The molecule has 0 saturated carbocycles. The summed E-state index contributed by atoms with van der Waals surface area (Å²) in [7, 11) is 0. The number of nitrogens with zero attached hydrogens (tertiary/aromatic N) is 1. The van der Waals surface area contributed by atoms with E-state index in [9.17, 15) is 0 Å². The van der Waals surface area contributed by atoms with Crippen LogP contribution >= 0.6 is 0 Å². The first-order chi connectivity index (χ1) is 9.35. The summed E-state index contributed by atoms with van der Waals surface area (Å²) in [5.74, 6) is 0. The number of rotatable bonds is 6. The highest BCUT2D eigenvalue weighted by Gasteiger charge is 2.19. The summed E-state index contributed by atoms with van der Waals surface area (Å²) in [4.78, 5) is 2.42. The number of benzene rings is 1. The van der Waals surface area contributed by atoms with Crippen molar-refractivity contribution in [3.8, 4) is 0 Å². The maximum atomic E-state index is 5.68. The van der Waals surface area contributed by atoms with Gasteiger partial charge in [0, 0.05) is 25.4 Å². The van der Waals surface area contributed by atoms with Gasteiger partial charge in [-0.3, -0.25) is 0 Å². The molecule has 0 bridgehead atoms. The highest BCUT2D eigenvalue weighted by atomic mass is 16.7. The van der Waals surface area contributed by atoms with Gasteiger partial charge in [-0.25, -0.2) is 0 Å². The number of anilines is 1. The molecule has 106 valence electrons. The molecule has 0 amide bonds. The van der Waals surface area contributed by atoms with Gasteiger partial charge in [0.1, 0.15) is 0 Å². The third-order valence-corrected chi connectivity index (χ3v) is 3.53. The van der Waals surface area contributed by atoms with Crippen molar-refractivity contribution in [3.05, 3.63) is 29.8 Å². The summed E-state index contributed by atoms with van der Waals surface area (Å²) >= 11 is 0. The average molecular weight is 263 g/mol. The summed E-state index contributed by atoms with van der Waals surface area (Å²) in [6.45, 7) is 7.33. The molecule has 0 atom stereocenters. The van der Waals surface area contributed by atoms with E-state index in [1.807, 2.05) is 13.8 Å². The molecule has 1 aromatic rings. The van der Waals surface area contributed by atoms with Gasteiger partial charge in [0.05, 0.1) is 6.54 Å². The van der Waals surface area contributed by atoms with Crippen molar-refractivity contribution in [1.82, 2.24) is 0 Å². The molecule has 0 aromatic heterocycles. The molecule has 19 heavy (non-hydrogen) atoms. The summed E-state index contributed by atoms with van der Waals surface area (Å²) in [5.41, 5.74) is 2.80. The van der Waals surface area contributed by atoms with Gasteiger partial charge in [0.25, 0.3) is 0 Å². The quantitative estimate of drug-likeness (QED) is 0.736. The second-order valence-electron chi connectivity index (χ2n) is 4.87. The normalized spacial score (nSPS) is 15.4. The van der Waals surface area contributed by atoms with E-state index in [0.717, 1.165) is 13.1 Å². The van der Waals surface area contributed by atoms with E-state index in [2.05, 4.69) is 29.2 Å². The molecule has 1 heterocycles. The number of hydrogen-bond acceptors (Lipinski definition) is 3. The third-order valence-electron chi connectivity index (χ3n) is 3.53. The van der Waals surface area contributed by atoms with Crippen LogP contribution in [0.25, 0.3) is 0 Å². The largest absolute Gasteiger partial charge is 0.366 e. The Balaban J connectivity index is 2.10. The SMILES string of the molecule is CCOC(CN1CCCCc2ccccc21)OCC. The Morgan fingerprint density at radius 2 is 1.84 bits per heavy atom. The van der Waals surface area contributed by atoms with Crippen molar-refractivity contribution in [2.24, 2.45) is 0 Å². The minimum Gasteiger partial charge on any atom is -0.366 e. The number of aryl methyl sites for hydroxylation is 1. The Morgan fingerprint density at radius 3 is 2.58 bits per heavy atom. The summed E-state index contributed by atoms with van der Waals surface area (Å²) in [6, 6.07) is 8.71. The number of hydrogen-bond donors (Lipinski definition) is 0. The van der Waals surface area contributed by atoms with Crippen molar-refractivity contribution in [3.63, 3.8) is 0 Å². The minimum atomic E-state index is -0.124. The van der Waals surface area contributed by atoms with Gasteiger partial charge in [-0.2, -0.15) is 0 Å². The van der Waals surface area contributed by atoms with E-state index in [1.54, 1.807) is 0 Å². The predicted molar refractivity (Wildman–Crippen MR) is 78.6 cm³/mol. The molecule has 0 aliphatic carbocycles. The van der Waals surface area contributed by atoms with Gasteiger partial charge in [-0.15, -0.1) is 0 Å². The van der Waals surface area contributed by atoms with Gasteiger partial charge >= 0.3 is 0 Å². The van der Waals surface area contributed by atoms with Gasteiger partial charge in [0.15, 0.2) is 6.29 Å². The van der Waals surface area contributed by atoms with E-state index >= 15 is 0 Å². The van der Waals surface area contributed by atoms with Crippen LogP contribution in [-0.2, 0) is 15.9 Å². The Morgan fingerprint density at radius 1 is 1.11 bits per heavy atom. The second kappa shape index (κ2) is 7.51. The Bertz CT molecular complexity index is 375. The fraction of sp³-hybridized carbons (Fsp3) is 0.625. The van der Waals surface area contributed by atoms with Crippen LogP contribution in [0.2, 0.25) is 0 Å². The highest BCUT2D eigenvalue weighted by molar-refractivity contribution is 5.54. The second-order valence-corrected chi connectivity index (χ2v) is 4.87. The van der Waals surface area contributed by atoms with Crippen LogP contribution in [0, 0.1) is 0 Å². The lowest BCUT2D eigenvalue weighted by molar-refractivity contribution is -0.129. The first kappa shape index (κ1) is 14.4. The van der Waals surface area contributed by atoms with Crippen LogP contribution in [0.3, 0.4) is 0 Å². The zero-order chi connectivity index (χ0) is 13.5. The van der Waals surface area contributed by atoms with E-state index in [-0.39, 0.29) is 6.29 Å². The standard InChI is InChI=1S/C16H25NO2/c1-3-18-16(19-4-2)13-17-12-8-7-10-14-9-5-6-11-15(14)17/h5-6,9,11,16H,3-4,7-8,10,12-13H2,1-2H3. The number of para-hydroxylation sites is 1. The first-order valence-electron chi connectivity index (χ1n) is 7.41. The summed E-state index contributed by atoms with van der Waals surface area (Å²) < 4.78 is 11.4. The molecule has 1 aromatic carbocycles. The zero-order valence-electron chi connectivity index (χ0n) is 12.1. The van der Waals surface area contributed by atoms with Crippen molar-refractivity contribution < 1.29 is 9.47 Å². The van der Waals surface area contributed by atoms with E-state index in [4.69, 9.17) is 9.47 Å². The van der Waals surface area contributed by atoms with Crippen LogP contribution in [0.5, 0.6) is 0 Å². The van der Waals surface area contributed by atoms with Crippen molar-refractivity contribution in [1.29, 1.82) is 0 Å². The molecule has 2 rings (SSSR count). The van der Waals surface area contributed by atoms with Crippen LogP contribution < -0.4 is 4.90 Å². The van der Waals surface area contributed by atoms with Gasteiger partial charge in [0.2, 0.25) is 0 Å². The molecule has 0 N–H and O–H groups in total. The van der Waals surface area contributed by atoms with Crippen LogP contribution in [0.1, 0.15) is 32.3 Å². The molecule has 0 saturated heterocycles. The molecular weight excluding hydrogens is 238 g/mol. The molecule has 0 fully saturated rings. The molecule has 1 aliphatic heterocycles. The smallest absolute Gasteiger partial charge is 0.174 e. The van der Waals surface area contributed by atoms with Crippen molar-refractivity contribution in [2.45, 2.75) is 39.4 Å². The molecule has 3 heteroatoms. The number of ether oxygens (including phenoxy) is 2. The molecule has 0 radical (unpaired) electrons. The van der Waals surface area contributed by atoms with E-state index in [0.29, 0.717) is 13.2 Å². The Kier molecular flexibility index (Phi) is 5.67. The lowest BCUT2D eigenvalue weighted by Crippen LogP contribution is -2.36. The first-order valence-corrected chi connectivity index (χ1v) is 7.41. The van der Waals surface area contributed by atoms with E-state index in [1.165, 1.54) is 30.5 Å². The molecule has 3 nitrogen and oxygen atoms in total. The zero-order valence-corrected chi connectivity index (χ0v) is 12.1. The van der Waals surface area contributed by atoms with Crippen molar-refractivity contribution in [2.75, 3.05) is 31.2 Å². The van der Waals surface area contributed by atoms with Gasteiger partial charge < -0.3 is 14.4 Å². The van der Waals surface area contributed by atoms with Crippen molar-refractivity contribution >= 4 is 5.69 Å². The monoisotopic (exact) mass is 263 g/mol. The van der Waals surface area contributed by atoms with Crippen LogP contribution in [0.15, 0.2) is 24.3 Å². The predicted octanol–water partition coefficient (Wildman–Crippen LogP) is 3.23. The maximum Gasteiger partial charge on any atom is 0.174 e. The Hall–Kier alpha value is -1.06. The fourth-order valence-corrected chi connectivity index (χ4v) is 2.66. The Labute approximate surface area is 116 Å².